The Morgan fingerprint density at radius 3 is 2.04 bits per heavy atom. The van der Waals surface area contributed by atoms with Crippen molar-refractivity contribution in [3.63, 3.8) is 0 Å². The smallest absolute Gasteiger partial charge is 0.264 e. The van der Waals surface area contributed by atoms with Crippen molar-refractivity contribution in [3.05, 3.63) is 66.0 Å². The van der Waals surface area contributed by atoms with Crippen LogP contribution in [0.15, 0.2) is 54.9 Å². The summed E-state index contributed by atoms with van der Waals surface area (Å²) in [7, 11) is -0.445. The number of amides is 1. The Balaban J connectivity index is 0.950. The molecular formula is C36H44N4O6S. The molecule has 47 heavy (non-hydrogen) atoms. The number of nitrogens with zero attached hydrogens (tertiary/aromatic N) is 3. The fourth-order valence-electron chi connectivity index (χ4n) is 9.21. The van der Waals surface area contributed by atoms with Crippen molar-refractivity contribution >= 4 is 21.6 Å². The molecule has 10 nitrogen and oxygen atoms in total. The van der Waals surface area contributed by atoms with Gasteiger partial charge in [-0.1, -0.05) is 0 Å². The first-order valence-corrected chi connectivity index (χ1v) is 18.3. The van der Waals surface area contributed by atoms with Gasteiger partial charge in [-0.25, -0.2) is 13.1 Å². The Morgan fingerprint density at radius 1 is 0.894 bits per heavy atom. The van der Waals surface area contributed by atoms with E-state index in [0.29, 0.717) is 41.4 Å². The van der Waals surface area contributed by atoms with Crippen LogP contribution >= 0.6 is 0 Å². The number of aromatic nitrogens is 1. The molecule has 0 spiro atoms. The lowest BCUT2D eigenvalue weighted by Gasteiger charge is -2.56. The maximum atomic E-state index is 13.2. The lowest BCUT2D eigenvalue weighted by atomic mass is 9.50. The summed E-state index contributed by atoms with van der Waals surface area (Å²) in [6, 6.07) is 12.8. The Hall–Kier alpha value is -3.83. The van der Waals surface area contributed by atoms with Crippen LogP contribution in [0.2, 0.25) is 0 Å². The van der Waals surface area contributed by atoms with Crippen molar-refractivity contribution in [1.82, 2.24) is 14.6 Å². The molecule has 0 unspecified atom stereocenters. The number of benzene rings is 2. The summed E-state index contributed by atoms with van der Waals surface area (Å²) in [6.07, 6.45) is 9.82. The summed E-state index contributed by atoms with van der Waals surface area (Å²) in [4.78, 5) is 21.7. The van der Waals surface area contributed by atoms with E-state index in [1.54, 1.807) is 38.6 Å². The van der Waals surface area contributed by atoms with Gasteiger partial charge >= 0.3 is 0 Å². The molecule has 1 amide bonds. The molecule has 1 aliphatic heterocycles. The summed E-state index contributed by atoms with van der Waals surface area (Å²) >= 11 is 0. The van der Waals surface area contributed by atoms with Crippen LogP contribution in [0.25, 0.3) is 11.1 Å². The molecule has 3 aromatic rings. The molecule has 1 aromatic heterocycles. The first kappa shape index (κ1) is 31.8. The van der Waals surface area contributed by atoms with Crippen LogP contribution in [0.3, 0.4) is 0 Å². The Morgan fingerprint density at radius 2 is 1.49 bits per heavy atom. The highest BCUT2D eigenvalue weighted by Gasteiger charge is 2.52. The second-order valence-corrected chi connectivity index (χ2v) is 15.9. The summed E-state index contributed by atoms with van der Waals surface area (Å²) < 4.78 is 40.3. The van der Waals surface area contributed by atoms with E-state index in [1.807, 2.05) is 24.3 Å². The molecule has 5 fully saturated rings. The van der Waals surface area contributed by atoms with E-state index < -0.39 is 15.9 Å². The van der Waals surface area contributed by atoms with Crippen LogP contribution in [0.4, 0.5) is 5.69 Å². The third kappa shape index (κ3) is 6.78. The number of hydrogen-bond donors (Lipinski definition) is 2. The number of piperazine rings is 1. The van der Waals surface area contributed by atoms with Gasteiger partial charge in [-0.15, -0.1) is 0 Å². The number of nitrogens with one attached hydrogen (secondary N) is 1. The maximum absolute atomic E-state index is 13.2. The Labute approximate surface area is 277 Å². The van der Waals surface area contributed by atoms with E-state index in [4.69, 9.17) is 9.47 Å². The van der Waals surface area contributed by atoms with Gasteiger partial charge < -0.3 is 19.5 Å². The zero-order valence-electron chi connectivity index (χ0n) is 27.2. The van der Waals surface area contributed by atoms with Crippen LogP contribution in [0.5, 0.6) is 17.2 Å². The van der Waals surface area contributed by atoms with Gasteiger partial charge in [0.05, 0.1) is 31.7 Å². The van der Waals surface area contributed by atoms with Crippen LogP contribution in [-0.4, -0.2) is 75.5 Å². The molecule has 2 heterocycles. The van der Waals surface area contributed by atoms with Gasteiger partial charge in [0.15, 0.2) is 0 Å². The maximum Gasteiger partial charge on any atom is 0.264 e. The predicted octanol–water partition coefficient (Wildman–Crippen LogP) is 5.07. The van der Waals surface area contributed by atoms with Crippen LogP contribution < -0.4 is 19.1 Å². The van der Waals surface area contributed by atoms with Gasteiger partial charge in [-0.05, 0) is 110 Å². The van der Waals surface area contributed by atoms with E-state index >= 15 is 0 Å². The standard InChI is InChI=1S/C36H44N4O6S/c1-45-33-15-28(29-14-31(41)21-37-20-29)16-34(46-2)32(33)22-39-7-9-40(10-8-39)30-5-3-27(4-6-30)35(42)38-47(43,44)23-36-17-24-11-25(18-36)13-26(12-24)19-36/h3-6,14-16,20-21,24-26,41H,7-13,17-19,22-23H2,1-2H3,(H,38,42). The number of rotatable bonds is 10. The van der Waals surface area contributed by atoms with Crippen molar-refractivity contribution < 1.29 is 27.8 Å². The molecule has 8 rings (SSSR count). The first-order valence-electron chi connectivity index (χ1n) is 16.6. The molecule has 5 aliphatic rings. The van der Waals surface area contributed by atoms with E-state index in [9.17, 15) is 18.3 Å². The van der Waals surface area contributed by atoms with Crippen LogP contribution in [0.1, 0.15) is 54.4 Å². The molecule has 250 valence electrons. The number of anilines is 1. The zero-order chi connectivity index (χ0) is 32.8. The molecule has 4 saturated carbocycles. The van der Waals surface area contributed by atoms with Gasteiger partial charge in [-0.2, -0.15) is 0 Å². The van der Waals surface area contributed by atoms with Gasteiger partial charge in [0.2, 0.25) is 10.0 Å². The monoisotopic (exact) mass is 660 g/mol. The van der Waals surface area contributed by atoms with Crippen molar-refractivity contribution in [2.45, 2.75) is 45.1 Å². The molecule has 4 bridgehead atoms. The number of carbonyl (C=O) groups excluding carboxylic acids is 1. The topological polar surface area (TPSA) is 121 Å². The lowest BCUT2D eigenvalue weighted by Crippen LogP contribution is -2.51. The molecular weight excluding hydrogens is 616 g/mol. The second kappa shape index (κ2) is 12.6. The number of pyridine rings is 1. The van der Waals surface area contributed by atoms with Gasteiger partial charge in [0.25, 0.3) is 5.91 Å². The number of carbonyl (C=O) groups is 1. The highest BCUT2D eigenvalue weighted by Crippen LogP contribution is 2.60. The molecule has 1 saturated heterocycles. The highest BCUT2D eigenvalue weighted by atomic mass is 32.2. The van der Waals surface area contributed by atoms with E-state index in [2.05, 4.69) is 19.5 Å². The van der Waals surface area contributed by atoms with Gasteiger partial charge in [-0.3, -0.25) is 14.7 Å². The summed E-state index contributed by atoms with van der Waals surface area (Å²) in [5.74, 6) is 3.00. The summed E-state index contributed by atoms with van der Waals surface area (Å²) in [5, 5.41) is 9.89. The SMILES string of the molecule is COc1cc(-c2cncc(O)c2)cc(OC)c1CN1CCN(c2ccc(C(=O)NS(=O)(=O)CC34CC5CC(CC(C5)C3)C4)cc2)CC1. The van der Waals surface area contributed by atoms with Crippen molar-refractivity contribution in [3.8, 4) is 28.4 Å². The lowest BCUT2D eigenvalue weighted by molar-refractivity contribution is -0.0391. The number of hydrogen-bond acceptors (Lipinski definition) is 9. The number of methoxy groups -OCH3 is 2. The zero-order valence-corrected chi connectivity index (χ0v) is 28.0. The molecule has 2 N–H and O–H groups in total. The fourth-order valence-corrected chi connectivity index (χ4v) is 10.8. The average Bonchev–Trinajstić information content (AvgIpc) is 3.04. The second-order valence-electron chi connectivity index (χ2n) is 14.2. The first-order chi connectivity index (χ1) is 22.6. The Kier molecular flexibility index (Phi) is 8.55. The third-order valence-electron chi connectivity index (χ3n) is 10.8. The summed E-state index contributed by atoms with van der Waals surface area (Å²) in [5.41, 5.74) is 3.76. The predicted molar refractivity (Wildman–Crippen MR) is 180 cm³/mol. The number of ether oxygens (including phenoxy) is 2. The minimum atomic E-state index is -3.73. The minimum Gasteiger partial charge on any atom is -0.506 e. The molecule has 0 atom stereocenters. The number of sulfonamides is 1. The molecule has 11 heteroatoms. The minimum absolute atomic E-state index is 0.0640. The fraction of sp³-hybridized carbons (Fsp3) is 0.500. The normalized spacial score (nSPS) is 25.5. The van der Waals surface area contributed by atoms with Gasteiger partial charge in [0.1, 0.15) is 17.2 Å². The molecule has 2 aromatic carbocycles. The number of aromatic hydroxyl groups is 1. The van der Waals surface area contributed by atoms with Crippen molar-refractivity contribution in [1.29, 1.82) is 0 Å². The highest BCUT2D eigenvalue weighted by molar-refractivity contribution is 7.90. The average molecular weight is 661 g/mol. The Bertz CT molecular complexity index is 1680. The summed E-state index contributed by atoms with van der Waals surface area (Å²) in [6.45, 7) is 3.87. The van der Waals surface area contributed by atoms with Crippen LogP contribution in [-0.2, 0) is 16.6 Å². The van der Waals surface area contributed by atoms with E-state index in [-0.39, 0.29) is 16.9 Å². The van der Waals surface area contributed by atoms with Crippen molar-refractivity contribution in [2.75, 3.05) is 51.1 Å². The van der Waals surface area contributed by atoms with Gasteiger partial charge in [0, 0.05) is 55.7 Å². The van der Waals surface area contributed by atoms with E-state index in [0.717, 1.165) is 67.8 Å². The largest absolute Gasteiger partial charge is 0.506 e. The van der Waals surface area contributed by atoms with Crippen LogP contribution in [0, 0.1) is 23.2 Å². The third-order valence-corrected chi connectivity index (χ3v) is 12.3. The van der Waals surface area contributed by atoms with Crippen molar-refractivity contribution in [2.24, 2.45) is 23.2 Å². The molecule has 4 aliphatic carbocycles. The molecule has 0 radical (unpaired) electrons. The van der Waals surface area contributed by atoms with E-state index in [1.165, 1.54) is 25.5 Å². The quantitative estimate of drug-likeness (QED) is 0.307.